The van der Waals surface area contributed by atoms with Crippen LogP contribution in [0.2, 0.25) is 0 Å². The molecule has 22 heavy (non-hydrogen) atoms. The molecule has 0 aromatic carbocycles. The first-order chi connectivity index (χ1) is 10.6. The second-order valence-corrected chi connectivity index (χ2v) is 7.13. The second kappa shape index (κ2) is 5.19. The normalized spacial score (nSPS) is 32.7. The van der Waals surface area contributed by atoms with Crippen molar-refractivity contribution in [1.82, 2.24) is 9.97 Å². The van der Waals surface area contributed by atoms with Gasteiger partial charge in [-0.25, -0.2) is 9.97 Å². The van der Waals surface area contributed by atoms with Gasteiger partial charge in [0.25, 0.3) is 5.91 Å². The van der Waals surface area contributed by atoms with Crippen LogP contribution in [0.1, 0.15) is 48.2 Å². The van der Waals surface area contributed by atoms with Gasteiger partial charge in [-0.15, -0.1) is 0 Å². The zero-order valence-electron chi connectivity index (χ0n) is 12.7. The summed E-state index contributed by atoms with van der Waals surface area (Å²) in [5.41, 5.74) is 7.14. The van der Waals surface area contributed by atoms with E-state index in [1.807, 2.05) is 0 Å². The molecule has 1 saturated heterocycles. The highest BCUT2D eigenvalue weighted by Crippen LogP contribution is 2.65. The zero-order chi connectivity index (χ0) is 15.2. The lowest BCUT2D eigenvalue weighted by Crippen LogP contribution is -2.53. The van der Waals surface area contributed by atoms with Crippen molar-refractivity contribution in [3.05, 3.63) is 17.5 Å². The Morgan fingerprint density at radius 2 is 2.27 bits per heavy atom. The number of nitrogens with one attached hydrogen (secondary N) is 1. The Morgan fingerprint density at radius 3 is 2.86 bits per heavy atom. The van der Waals surface area contributed by atoms with E-state index in [0.29, 0.717) is 23.5 Å². The molecular formula is C16H22N4O2. The van der Waals surface area contributed by atoms with Crippen molar-refractivity contribution < 1.29 is 9.53 Å². The summed E-state index contributed by atoms with van der Waals surface area (Å²) in [5, 5.41) is 3.32. The van der Waals surface area contributed by atoms with Gasteiger partial charge in [-0.05, 0) is 49.9 Å². The van der Waals surface area contributed by atoms with Gasteiger partial charge in [-0.1, -0.05) is 0 Å². The van der Waals surface area contributed by atoms with E-state index < -0.39 is 5.91 Å². The smallest absolute Gasteiger partial charge is 0.252 e. The molecule has 5 rings (SSSR count). The van der Waals surface area contributed by atoms with Crippen LogP contribution in [-0.4, -0.2) is 35.1 Å². The lowest BCUT2D eigenvalue weighted by atomic mass is 9.43. The Hall–Kier alpha value is -1.69. The molecule has 1 aliphatic heterocycles. The molecule has 4 fully saturated rings. The van der Waals surface area contributed by atoms with E-state index in [4.69, 9.17) is 10.5 Å². The highest BCUT2D eigenvalue weighted by atomic mass is 16.5. The van der Waals surface area contributed by atoms with E-state index in [9.17, 15) is 4.79 Å². The van der Waals surface area contributed by atoms with E-state index in [1.165, 1.54) is 19.3 Å². The molecule has 3 saturated carbocycles. The molecule has 3 N–H and O–H groups in total. The highest BCUT2D eigenvalue weighted by Gasteiger charge is 2.56. The minimum atomic E-state index is -0.436. The van der Waals surface area contributed by atoms with Gasteiger partial charge in [0.15, 0.2) is 0 Å². The van der Waals surface area contributed by atoms with Gasteiger partial charge in [-0.2, -0.15) is 0 Å². The molecule has 2 heterocycles. The number of nitrogens with zero attached hydrogens (tertiary/aromatic N) is 2. The summed E-state index contributed by atoms with van der Waals surface area (Å²) in [4.78, 5) is 20.5. The van der Waals surface area contributed by atoms with Gasteiger partial charge in [0.2, 0.25) is 5.95 Å². The molecule has 0 spiro atoms. The second-order valence-electron chi connectivity index (χ2n) is 7.13. The first kappa shape index (κ1) is 13.9. The summed E-state index contributed by atoms with van der Waals surface area (Å²) in [5.74, 6) is 1.06. The third kappa shape index (κ3) is 2.45. The number of hydrogen-bond acceptors (Lipinski definition) is 5. The van der Waals surface area contributed by atoms with Crippen LogP contribution in [0.5, 0.6) is 0 Å². The number of hydrogen-bond donors (Lipinski definition) is 2. The van der Waals surface area contributed by atoms with Crippen molar-refractivity contribution >= 4 is 11.9 Å². The molecule has 0 unspecified atom stereocenters. The third-order valence-corrected chi connectivity index (χ3v) is 5.33. The van der Waals surface area contributed by atoms with E-state index >= 15 is 0 Å². The summed E-state index contributed by atoms with van der Waals surface area (Å²) >= 11 is 0. The van der Waals surface area contributed by atoms with Gasteiger partial charge >= 0.3 is 0 Å². The van der Waals surface area contributed by atoms with Crippen LogP contribution in [0.3, 0.4) is 0 Å². The van der Waals surface area contributed by atoms with E-state index in [-0.39, 0.29) is 6.04 Å². The fraction of sp³-hybridized carbons (Fsp3) is 0.688. The molecule has 1 atom stereocenters. The summed E-state index contributed by atoms with van der Waals surface area (Å²) in [6.45, 7) is 1.51. The Kier molecular flexibility index (Phi) is 3.29. The van der Waals surface area contributed by atoms with Crippen molar-refractivity contribution in [2.75, 3.05) is 18.5 Å². The number of anilines is 1. The Labute approximate surface area is 129 Å². The monoisotopic (exact) mass is 302 g/mol. The van der Waals surface area contributed by atoms with Gasteiger partial charge in [-0.3, -0.25) is 4.79 Å². The predicted molar refractivity (Wildman–Crippen MR) is 81.5 cm³/mol. The molecule has 3 aliphatic carbocycles. The lowest BCUT2D eigenvalue weighted by molar-refractivity contribution is -0.105. The molecule has 6 nitrogen and oxygen atoms in total. The van der Waals surface area contributed by atoms with E-state index in [2.05, 4.69) is 15.3 Å². The molecule has 0 radical (unpaired) electrons. The molecule has 1 aromatic heterocycles. The van der Waals surface area contributed by atoms with Gasteiger partial charge in [0.05, 0.1) is 23.9 Å². The van der Waals surface area contributed by atoms with Gasteiger partial charge in [0.1, 0.15) is 0 Å². The quantitative estimate of drug-likeness (QED) is 0.860. The maximum atomic E-state index is 11.6. The highest BCUT2D eigenvalue weighted by molar-refractivity contribution is 5.93. The number of rotatable bonds is 5. The average Bonchev–Trinajstić information content (AvgIpc) is 2.42. The van der Waals surface area contributed by atoms with Crippen molar-refractivity contribution in [2.45, 2.75) is 44.6 Å². The predicted octanol–water partition coefficient (Wildman–Crippen LogP) is 1.51. The zero-order valence-corrected chi connectivity index (χ0v) is 12.7. The van der Waals surface area contributed by atoms with Gasteiger partial charge in [0, 0.05) is 12.8 Å². The molecule has 1 aromatic rings. The molecule has 6 heteroatoms. The average molecular weight is 302 g/mol. The van der Waals surface area contributed by atoms with Crippen molar-refractivity contribution in [3.63, 3.8) is 0 Å². The Balaban J connectivity index is 1.53. The maximum Gasteiger partial charge on any atom is 0.252 e. The minimum Gasteiger partial charge on any atom is -0.379 e. The first-order valence-electron chi connectivity index (χ1n) is 8.14. The number of aromatic nitrogens is 2. The van der Waals surface area contributed by atoms with Crippen LogP contribution in [0.4, 0.5) is 5.95 Å². The number of amides is 1. The fourth-order valence-corrected chi connectivity index (χ4v) is 4.09. The standard InChI is InChI=1S/C16H22N4O2/c17-14(21)12-8-18-15(19-11-2-1-3-22-9-11)20-13(12)7-16-4-10(5-16)6-16/h8,10-11H,1-7,9H2,(H2,17,21)(H,18,19,20)/t10?,11-,16?/m0/s1. The SMILES string of the molecule is NC(=O)c1cnc(N[C@H]2CCCOC2)nc1CC12CC(C1)C2. The number of carbonyl (C=O) groups is 1. The van der Waals surface area contributed by atoms with Crippen LogP contribution in [0.25, 0.3) is 0 Å². The topological polar surface area (TPSA) is 90.1 Å². The van der Waals surface area contributed by atoms with Crippen LogP contribution < -0.4 is 11.1 Å². The number of carbonyl (C=O) groups excluding carboxylic acids is 1. The first-order valence-corrected chi connectivity index (χ1v) is 8.14. The van der Waals surface area contributed by atoms with Crippen LogP contribution >= 0.6 is 0 Å². The van der Waals surface area contributed by atoms with Gasteiger partial charge < -0.3 is 15.8 Å². The van der Waals surface area contributed by atoms with Crippen molar-refractivity contribution in [2.24, 2.45) is 17.1 Å². The van der Waals surface area contributed by atoms with Crippen LogP contribution in [-0.2, 0) is 11.2 Å². The number of ether oxygens (including phenoxy) is 1. The summed E-state index contributed by atoms with van der Waals surface area (Å²) in [7, 11) is 0. The van der Waals surface area contributed by atoms with Crippen molar-refractivity contribution in [1.29, 1.82) is 0 Å². The molecular weight excluding hydrogens is 280 g/mol. The van der Waals surface area contributed by atoms with Crippen LogP contribution in [0.15, 0.2) is 6.20 Å². The Morgan fingerprint density at radius 1 is 1.45 bits per heavy atom. The van der Waals surface area contributed by atoms with E-state index in [1.54, 1.807) is 6.20 Å². The third-order valence-electron chi connectivity index (χ3n) is 5.33. The fourth-order valence-electron chi connectivity index (χ4n) is 4.09. The summed E-state index contributed by atoms with van der Waals surface area (Å²) < 4.78 is 5.47. The number of nitrogens with two attached hydrogens (primary N) is 1. The van der Waals surface area contributed by atoms with Crippen LogP contribution in [0, 0.1) is 11.3 Å². The molecule has 4 aliphatic rings. The Bertz CT molecular complexity index is 581. The maximum absolute atomic E-state index is 11.6. The van der Waals surface area contributed by atoms with E-state index in [0.717, 1.165) is 37.5 Å². The molecule has 118 valence electrons. The molecule has 2 bridgehead atoms. The minimum absolute atomic E-state index is 0.246. The summed E-state index contributed by atoms with van der Waals surface area (Å²) in [6.07, 6.45) is 8.34. The number of primary amides is 1. The van der Waals surface area contributed by atoms with Crippen molar-refractivity contribution in [3.8, 4) is 0 Å². The summed E-state index contributed by atoms with van der Waals surface area (Å²) in [6, 6.07) is 0.246. The lowest BCUT2D eigenvalue weighted by Gasteiger charge is -2.62. The largest absolute Gasteiger partial charge is 0.379 e. The molecule has 1 amide bonds.